The average molecular weight is 375 g/mol. The Morgan fingerprint density at radius 2 is 1.46 bits per heavy atom. The molecule has 0 unspecified atom stereocenters. The number of esters is 1. The number of methoxy groups -OCH3 is 1. The highest BCUT2D eigenvalue weighted by atomic mass is 16.5. The minimum absolute atomic E-state index is 0.00597. The highest BCUT2D eigenvalue weighted by Gasteiger charge is 2.34. The second kappa shape index (κ2) is 7.15. The minimum Gasteiger partial charge on any atom is -0.496 e. The number of hydrogen-bond acceptors (Lipinski definition) is 5. The largest absolute Gasteiger partial charge is 0.496 e. The van der Waals surface area contributed by atoms with Gasteiger partial charge in [-0.1, -0.05) is 36.4 Å². The summed E-state index contributed by atoms with van der Waals surface area (Å²) < 4.78 is 10.6. The Morgan fingerprint density at radius 1 is 0.893 bits per heavy atom. The standard InChI is InChI=1S/C22H17NO5/c1-27-19-13-15-7-3-2-6-14(15)12-18(19)22(26)28-11-10-23-20(24)16-8-4-5-9-17(16)21(23)25/h2-9,12-13H,10-11H2,1H3. The van der Waals surface area contributed by atoms with Gasteiger partial charge in [0.05, 0.1) is 24.8 Å². The molecule has 140 valence electrons. The lowest BCUT2D eigenvalue weighted by atomic mass is 10.1. The molecule has 0 radical (unpaired) electrons. The zero-order valence-electron chi connectivity index (χ0n) is 15.2. The van der Waals surface area contributed by atoms with E-state index in [1.165, 1.54) is 7.11 Å². The fourth-order valence-electron chi connectivity index (χ4n) is 3.30. The highest BCUT2D eigenvalue weighted by Crippen LogP contribution is 2.27. The van der Waals surface area contributed by atoms with E-state index in [1.807, 2.05) is 24.3 Å². The van der Waals surface area contributed by atoms with Crippen LogP contribution >= 0.6 is 0 Å². The first-order valence-corrected chi connectivity index (χ1v) is 8.79. The molecule has 1 heterocycles. The molecule has 1 aliphatic heterocycles. The molecule has 0 fully saturated rings. The van der Waals surface area contributed by atoms with E-state index in [2.05, 4.69) is 0 Å². The number of fused-ring (bicyclic) bond motifs is 2. The van der Waals surface area contributed by atoms with E-state index in [-0.39, 0.29) is 25.0 Å². The molecule has 0 N–H and O–H groups in total. The smallest absolute Gasteiger partial charge is 0.342 e. The van der Waals surface area contributed by atoms with Gasteiger partial charge < -0.3 is 9.47 Å². The van der Waals surface area contributed by atoms with Crippen molar-refractivity contribution < 1.29 is 23.9 Å². The average Bonchev–Trinajstić information content (AvgIpc) is 2.97. The van der Waals surface area contributed by atoms with Crippen LogP contribution in [0.3, 0.4) is 0 Å². The monoisotopic (exact) mass is 375 g/mol. The van der Waals surface area contributed by atoms with Crippen molar-refractivity contribution in [3.05, 3.63) is 77.4 Å². The van der Waals surface area contributed by atoms with E-state index in [1.54, 1.807) is 36.4 Å². The van der Waals surface area contributed by atoms with Gasteiger partial charge in [-0.2, -0.15) is 0 Å². The molecule has 0 bridgehead atoms. The first kappa shape index (κ1) is 17.7. The second-order valence-corrected chi connectivity index (χ2v) is 6.34. The molecule has 3 aromatic rings. The molecule has 1 aliphatic rings. The van der Waals surface area contributed by atoms with Gasteiger partial charge in [0.1, 0.15) is 17.9 Å². The second-order valence-electron chi connectivity index (χ2n) is 6.34. The molecule has 6 heteroatoms. The van der Waals surface area contributed by atoms with Gasteiger partial charge in [0.15, 0.2) is 0 Å². The summed E-state index contributed by atoms with van der Waals surface area (Å²) in [4.78, 5) is 38.3. The molecule has 2 amide bonds. The minimum atomic E-state index is -0.570. The van der Waals surface area contributed by atoms with Gasteiger partial charge in [0.2, 0.25) is 0 Å². The van der Waals surface area contributed by atoms with E-state index in [9.17, 15) is 14.4 Å². The van der Waals surface area contributed by atoms with Crippen molar-refractivity contribution in [2.75, 3.05) is 20.3 Å². The number of carbonyl (C=O) groups excluding carboxylic acids is 3. The van der Waals surface area contributed by atoms with Crippen LogP contribution in [0.2, 0.25) is 0 Å². The van der Waals surface area contributed by atoms with Gasteiger partial charge in [0.25, 0.3) is 11.8 Å². The molecular weight excluding hydrogens is 358 g/mol. The van der Waals surface area contributed by atoms with Crippen LogP contribution in [0.1, 0.15) is 31.1 Å². The molecule has 4 rings (SSSR count). The SMILES string of the molecule is COc1cc2ccccc2cc1C(=O)OCCN1C(=O)c2ccccc2C1=O. The molecule has 3 aromatic carbocycles. The molecule has 0 saturated carbocycles. The van der Waals surface area contributed by atoms with Crippen molar-refractivity contribution >= 4 is 28.6 Å². The Labute approximate surface area is 161 Å². The molecule has 0 spiro atoms. The summed E-state index contributed by atoms with van der Waals surface area (Å²) in [6.07, 6.45) is 0. The van der Waals surface area contributed by atoms with Crippen molar-refractivity contribution in [2.24, 2.45) is 0 Å². The van der Waals surface area contributed by atoms with Crippen LogP contribution in [0.4, 0.5) is 0 Å². The predicted octanol–water partition coefficient (Wildman–Crippen LogP) is 3.30. The van der Waals surface area contributed by atoms with E-state index >= 15 is 0 Å². The van der Waals surface area contributed by atoms with Crippen molar-refractivity contribution in [1.82, 2.24) is 4.90 Å². The summed E-state index contributed by atoms with van der Waals surface area (Å²) in [5.41, 5.74) is 1.04. The number of nitrogens with zero attached hydrogens (tertiary/aromatic N) is 1. The molecule has 0 aliphatic carbocycles. The summed E-state index contributed by atoms with van der Waals surface area (Å²) in [7, 11) is 1.49. The third-order valence-corrected chi connectivity index (χ3v) is 4.71. The van der Waals surface area contributed by atoms with Crippen LogP contribution < -0.4 is 4.74 Å². The predicted molar refractivity (Wildman–Crippen MR) is 103 cm³/mol. The molecular formula is C22H17NO5. The van der Waals surface area contributed by atoms with Crippen LogP contribution in [-0.2, 0) is 4.74 Å². The van der Waals surface area contributed by atoms with E-state index < -0.39 is 5.97 Å². The van der Waals surface area contributed by atoms with Crippen molar-refractivity contribution in [3.63, 3.8) is 0 Å². The van der Waals surface area contributed by atoms with Crippen molar-refractivity contribution in [1.29, 1.82) is 0 Å². The Morgan fingerprint density at radius 3 is 2.07 bits per heavy atom. The van der Waals surface area contributed by atoms with Crippen molar-refractivity contribution in [3.8, 4) is 5.75 Å². The quantitative estimate of drug-likeness (QED) is 0.505. The van der Waals surface area contributed by atoms with Gasteiger partial charge in [0, 0.05) is 0 Å². The Bertz CT molecular complexity index is 1070. The fourth-order valence-corrected chi connectivity index (χ4v) is 3.30. The summed E-state index contributed by atoms with van der Waals surface area (Å²) >= 11 is 0. The van der Waals surface area contributed by atoms with Crippen LogP contribution in [-0.4, -0.2) is 42.9 Å². The first-order valence-electron chi connectivity index (χ1n) is 8.79. The van der Waals surface area contributed by atoms with Crippen LogP contribution in [0.25, 0.3) is 10.8 Å². The van der Waals surface area contributed by atoms with Crippen LogP contribution in [0, 0.1) is 0 Å². The van der Waals surface area contributed by atoms with Crippen LogP contribution in [0.5, 0.6) is 5.75 Å². The number of hydrogen-bond donors (Lipinski definition) is 0. The maximum Gasteiger partial charge on any atom is 0.342 e. The Kier molecular flexibility index (Phi) is 4.53. The summed E-state index contributed by atoms with van der Waals surface area (Å²) in [6, 6.07) is 17.7. The van der Waals surface area contributed by atoms with Gasteiger partial charge >= 0.3 is 5.97 Å². The first-order chi connectivity index (χ1) is 13.6. The zero-order valence-corrected chi connectivity index (χ0v) is 15.2. The zero-order chi connectivity index (χ0) is 19.7. The third-order valence-electron chi connectivity index (χ3n) is 4.71. The summed E-state index contributed by atoms with van der Waals surface area (Å²) in [5.74, 6) is -0.913. The number of ether oxygens (including phenoxy) is 2. The van der Waals surface area contributed by atoms with Gasteiger partial charge in [-0.15, -0.1) is 0 Å². The maximum atomic E-state index is 12.5. The number of imide groups is 1. The van der Waals surface area contributed by atoms with Gasteiger partial charge in [-0.3, -0.25) is 14.5 Å². The number of carbonyl (C=O) groups is 3. The van der Waals surface area contributed by atoms with Crippen LogP contribution in [0.15, 0.2) is 60.7 Å². The lowest BCUT2D eigenvalue weighted by molar-refractivity contribution is 0.0418. The van der Waals surface area contributed by atoms with E-state index in [4.69, 9.17) is 9.47 Å². The highest BCUT2D eigenvalue weighted by molar-refractivity contribution is 6.21. The van der Waals surface area contributed by atoms with E-state index in [0.717, 1.165) is 15.7 Å². The Hall–Kier alpha value is -3.67. The van der Waals surface area contributed by atoms with Gasteiger partial charge in [-0.05, 0) is 35.0 Å². The van der Waals surface area contributed by atoms with E-state index in [0.29, 0.717) is 22.4 Å². The Balaban J connectivity index is 1.46. The molecule has 0 saturated heterocycles. The molecule has 6 nitrogen and oxygen atoms in total. The summed E-state index contributed by atoms with van der Waals surface area (Å²) in [6.45, 7) is -0.103. The fraction of sp³-hybridized carbons (Fsp3) is 0.136. The number of benzene rings is 3. The van der Waals surface area contributed by atoms with Crippen molar-refractivity contribution in [2.45, 2.75) is 0 Å². The normalized spacial score (nSPS) is 13.0. The molecule has 0 atom stereocenters. The summed E-state index contributed by atoms with van der Waals surface area (Å²) in [5, 5.41) is 1.83. The van der Waals surface area contributed by atoms with Gasteiger partial charge in [-0.25, -0.2) is 4.79 Å². The lowest BCUT2D eigenvalue weighted by Crippen LogP contribution is -2.33. The maximum absolute atomic E-state index is 12.5. The molecule has 0 aromatic heterocycles. The lowest BCUT2D eigenvalue weighted by Gasteiger charge is -2.15. The topological polar surface area (TPSA) is 72.9 Å². The molecule has 28 heavy (non-hydrogen) atoms. The third kappa shape index (κ3) is 2.99. The number of amides is 2. The number of rotatable bonds is 5.